The zero-order chi connectivity index (χ0) is 20.1. The number of halogens is 2. The summed E-state index contributed by atoms with van der Waals surface area (Å²) < 4.78 is 0. The van der Waals surface area contributed by atoms with Gasteiger partial charge in [0.1, 0.15) is 0 Å². The minimum absolute atomic E-state index is 0.123. The molecule has 146 valence electrons. The number of amides is 2. The molecule has 1 heterocycles. The number of urea groups is 1. The van der Waals surface area contributed by atoms with Crippen LogP contribution in [0.15, 0.2) is 53.9 Å². The summed E-state index contributed by atoms with van der Waals surface area (Å²) in [4.78, 5) is 16.0. The number of nitrogens with zero attached hydrogens (tertiary/aromatic N) is 1. The first-order valence-electron chi connectivity index (χ1n) is 9.02. The van der Waals surface area contributed by atoms with Crippen LogP contribution in [-0.4, -0.2) is 17.5 Å². The highest BCUT2D eigenvalue weighted by atomic mass is 35.5. The van der Waals surface area contributed by atoms with Crippen molar-refractivity contribution in [2.45, 2.75) is 26.8 Å². The Balaban J connectivity index is 1.74. The largest absolute Gasteiger partial charge is 0.322 e. The molecule has 0 saturated carbocycles. The van der Waals surface area contributed by atoms with Crippen LogP contribution in [0.2, 0.25) is 10.0 Å². The lowest BCUT2D eigenvalue weighted by molar-refractivity contribution is 0.210. The van der Waals surface area contributed by atoms with Crippen molar-refractivity contribution in [1.29, 1.82) is 0 Å². The molecule has 0 bridgehead atoms. The molecule has 0 aliphatic rings. The Morgan fingerprint density at radius 1 is 1.07 bits per heavy atom. The van der Waals surface area contributed by atoms with Crippen LogP contribution in [0.1, 0.15) is 21.6 Å². The van der Waals surface area contributed by atoms with Gasteiger partial charge in [-0.25, -0.2) is 4.79 Å². The first-order chi connectivity index (χ1) is 13.4. The molecule has 0 aliphatic heterocycles. The van der Waals surface area contributed by atoms with Crippen molar-refractivity contribution in [2.24, 2.45) is 0 Å². The molecule has 0 saturated heterocycles. The number of nitrogens with one attached hydrogen (secondary N) is 1. The standard InChI is InChI=1S/C22H22Cl2N2OS/c1-15-3-7-19(8-4-15)25-22(27)26(14-21-16(2)10-12-28-21)11-9-17-5-6-18(23)13-20(17)24/h3-8,10,12-13H,9,11,14H2,1-2H3,(H,25,27). The van der Waals surface area contributed by atoms with Gasteiger partial charge < -0.3 is 10.2 Å². The van der Waals surface area contributed by atoms with Crippen LogP contribution in [0.25, 0.3) is 0 Å². The van der Waals surface area contributed by atoms with Gasteiger partial charge in [-0.2, -0.15) is 0 Å². The Morgan fingerprint density at radius 3 is 2.46 bits per heavy atom. The van der Waals surface area contributed by atoms with E-state index in [4.69, 9.17) is 23.2 Å². The van der Waals surface area contributed by atoms with E-state index in [2.05, 4.69) is 23.7 Å². The molecule has 3 nitrogen and oxygen atoms in total. The predicted molar refractivity (Wildman–Crippen MR) is 120 cm³/mol. The minimum atomic E-state index is -0.123. The lowest BCUT2D eigenvalue weighted by Gasteiger charge is -2.23. The maximum Gasteiger partial charge on any atom is 0.322 e. The molecule has 0 radical (unpaired) electrons. The normalized spacial score (nSPS) is 10.7. The van der Waals surface area contributed by atoms with Gasteiger partial charge in [0.25, 0.3) is 0 Å². The SMILES string of the molecule is Cc1ccc(NC(=O)N(CCc2ccc(Cl)cc2Cl)Cc2sccc2C)cc1. The van der Waals surface area contributed by atoms with E-state index >= 15 is 0 Å². The molecule has 1 aromatic heterocycles. The van der Waals surface area contributed by atoms with E-state index in [-0.39, 0.29) is 6.03 Å². The van der Waals surface area contributed by atoms with E-state index < -0.39 is 0 Å². The Hall–Kier alpha value is -2.01. The van der Waals surface area contributed by atoms with Crippen molar-refractivity contribution < 1.29 is 4.79 Å². The minimum Gasteiger partial charge on any atom is -0.319 e. The molecule has 28 heavy (non-hydrogen) atoms. The molecule has 6 heteroatoms. The highest BCUT2D eigenvalue weighted by Crippen LogP contribution is 2.23. The fourth-order valence-electron chi connectivity index (χ4n) is 2.81. The molecule has 1 N–H and O–H groups in total. The number of anilines is 1. The smallest absolute Gasteiger partial charge is 0.319 e. The second kappa shape index (κ2) is 9.46. The van der Waals surface area contributed by atoms with Crippen LogP contribution in [0, 0.1) is 13.8 Å². The molecule has 3 aromatic rings. The zero-order valence-corrected chi connectivity index (χ0v) is 18.2. The van der Waals surface area contributed by atoms with E-state index in [1.54, 1.807) is 17.4 Å². The van der Waals surface area contributed by atoms with Crippen molar-refractivity contribution in [3.05, 3.63) is 85.5 Å². The highest BCUT2D eigenvalue weighted by Gasteiger charge is 2.17. The number of benzene rings is 2. The number of carbonyl (C=O) groups is 1. The Morgan fingerprint density at radius 2 is 1.82 bits per heavy atom. The Kier molecular flexibility index (Phi) is 7.00. The van der Waals surface area contributed by atoms with E-state index in [0.29, 0.717) is 29.6 Å². The summed E-state index contributed by atoms with van der Waals surface area (Å²) in [7, 11) is 0. The van der Waals surface area contributed by atoms with Crippen molar-refractivity contribution in [2.75, 3.05) is 11.9 Å². The number of hydrogen-bond donors (Lipinski definition) is 1. The van der Waals surface area contributed by atoms with Crippen LogP contribution in [-0.2, 0) is 13.0 Å². The van der Waals surface area contributed by atoms with Crippen LogP contribution < -0.4 is 5.32 Å². The van der Waals surface area contributed by atoms with Gasteiger partial charge in [-0.3, -0.25) is 0 Å². The lowest BCUT2D eigenvalue weighted by Crippen LogP contribution is -2.36. The predicted octanol–water partition coefficient (Wildman–Crippen LogP) is 6.95. The maximum absolute atomic E-state index is 13.0. The molecule has 0 atom stereocenters. The summed E-state index contributed by atoms with van der Waals surface area (Å²) in [5.41, 5.74) is 4.11. The van der Waals surface area contributed by atoms with E-state index in [9.17, 15) is 4.79 Å². The van der Waals surface area contributed by atoms with Crippen LogP contribution in [0.5, 0.6) is 0 Å². The quantitative estimate of drug-likeness (QED) is 0.448. The number of aryl methyl sites for hydroxylation is 2. The molecule has 0 aliphatic carbocycles. The molecule has 0 fully saturated rings. The fourth-order valence-corrected chi connectivity index (χ4v) is 4.23. The van der Waals surface area contributed by atoms with Crippen LogP contribution in [0.4, 0.5) is 10.5 Å². The average molecular weight is 433 g/mol. The second-order valence-electron chi connectivity index (χ2n) is 6.73. The van der Waals surface area contributed by atoms with Gasteiger partial charge in [0.05, 0.1) is 6.54 Å². The number of rotatable bonds is 6. The third-order valence-electron chi connectivity index (χ3n) is 4.56. The summed E-state index contributed by atoms with van der Waals surface area (Å²) in [6.45, 7) is 5.20. The molecule has 2 amide bonds. The maximum atomic E-state index is 13.0. The molecular weight excluding hydrogens is 411 g/mol. The van der Waals surface area contributed by atoms with Crippen molar-refractivity contribution in [3.8, 4) is 0 Å². The third kappa shape index (κ3) is 5.51. The number of carbonyl (C=O) groups excluding carboxylic acids is 1. The van der Waals surface area contributed by atoms with Gasteiger partial charge in [-0.05, 0) is 67.1 Å². The van der Waals surface area contributed by atoms with Crippen LogP contribution >= 0.6 is 34.5 Å². The molecule has 0 unspecified atom stereocenters. The summed E-state index contributed by atoms with van der Waals surface area (Å²) in [6, 6.07) is 15.2. The third-order valence-corrected chi connectivity index (χ3v) is 6.15. The highest BCUT2D eigenvalue weighted by molar-refractivity contribution is 7.10. The molecule has 2 aromatic carbocycles. The summed E-state index contributed by atoms with van der Waals surface area (Å²) >= 11 is 14.0. The summed E-state index contributed by atoms with van der Waals surface area (Å²) in [6.07, 6.45) is 0.655. The molecular formula is C22H22Cl2N2OS. The van der Waals surface area contributed by atoms with Gasteiger partial charge in [-0.1, -0.05) is 47.0 Å². The van der Waals surface area contributed by atoms with Gasteiger partial charge in [0.15, 0.2) is 0 Å². The van der Waals surface area contributed by atoms with E-state index in [1.165, 1.54) is 10.4 Å². The first-order valence-corrected chi connectivity index (χ1v) is 10.7. The lowest BCUT2D eigenvalue weighted by atomic mass is 10.1. The van der Waals surface area contributed by atoms with Crippen molar-refractivity contribution >= 4 is 46.3 Å². The van der Waals surface area contributed by atoms with Gasteiger partial charge in [0.2, 0.25) is 0 Å². The monoisotopic (exact) mass is 432 g/mol. The van der Waals surface area contributed by atoms with Gasteiger partial charge in [0, 0.05) is 27.2 Å². The van der Waals surface area contributed by atoms with Gasteiger partial charge >= 0.3 is 6.03 Å². The van der Waals surface area contributed by atoms with Crippen molar-refractivity contribution in [3.63, 3.8) is 0 Å². The summed E-state index contributed by atoms with van der Waals surface area (Å²) in [5, 5.41) is 6.28. The molecule has 3 rings (SSSR count). The first kappa shape index (κ1) is 20.7. The summed E-state index contributed by atoms with van der Waals surface area (Å²) in [5.74, 6) is 0. The fraction of sp³-hybridized carbons (Fsp3) is 0.227. The number of thiophene rings is 1. The zero-order valence-electron chi connectivity index (χ0n) is 15.8. The Bertz CT molecular complexity index is 953. The molecule has 0 spiro atoms. The number of hydrogen-bond acceptors (Lipinski definition) is 2. The van der Waals surface area contributed by atoms with Crippen LogP contribution in [0.3, 0.4) is 0 Å². The van der Waals surface area contributed by atoms with Gasteiger partial charge in [-0.15, -0.1) is 11.3 Å². The second-order valence-corrected chi connectivity index (χ2v) is 8.57. The topological polar surface area (TPSA) is 32.3 Å². The average Bonchev–Trinajstić information content (AvgIpc) is 3.06. The van der Waals surface area contributed by atoms with E-state index in [0.717, 1.165) is 16.8 Å². The van der Waals surface area contributed by atoms with Crippen molar-refractivity contribution in [1.82, 2.24) is 4.90 Å². The van der Waals surface area contributed by atoms with E-state index in [1.807, 2.05) is 48.2 Å². The Labute approximate surface area is 179 Å².